The van der Waals surface area contributed by atoms with Gasteiger partial charge in [-0.25, -0.2) is 4.79 Å². The first-order chi connectivity index (χ1) is 11.7. The van der Waals surface area contributed by atoms with Crippen LogP contribution in [0.25, 0.3) is 0 Å². The molecule has 3 heterocycles. The number of hydrogen-bond donors (Lipinski definition) is 0. The number of pyridine rings is 1. The number of amides is 2. The first-order valence-corrected chi connectivity index (χ1v) is 8.67. The van der Waals surface area contributed by atoms with Crippen molar-refractivity contribution in [2.45, 2.75) is 38.2 Å². The summed E-state index contributed by atoms with van der Waals surface area (Å²) in [6.45, 7) is 5.54. The zero-order chi connectivity index (χ0) is 18.4. The van der Waals surface area contributed by atoms with Crippen molar-refractivity contribution in [1.29, 1.82) is 0 Å². The summed E-state index contributed by atoms with van der Waals surface area (Å²) in [6.07, 6.45) is 0.885. The minimum Gasteiger partial charge on any atom is -0.441 e. The molecule has 136 valence electrons. The SMILES string of the molecule is CC(C)c1ccc(C(=O)N2CCC3(CC2)CN(C)C(=O)O3)c(=O)n1C. The Kier molecular flexibility index (Phi) is 4.34. The summed E-state index contributed by atoms with van der Waals surface area (Å²) < 4.78 is 7.06. The average Bonchev–Trinajstić information content (AvgIpc) is 2.83. The number of aromatic nitrogens is 1. The summed E-state index contributed by atoms with van der Waals surface area (Å²) in [6, 6.07) is 3.48. The van der Waals surface area contributed by atoms with Crippen LogP contribution < -0.4 is 5.56 Å². The predicted octanol–water partition coefficient (Wildman–Crippen LogP) is 1.57. The van der Waals surface area contributed by atoms with E-state index >= 15 is 0 Å². The van der Waals surface area contributed by atoms with Gasteiger partial charge in [0, 0.05) is 45.7 Å². The van der Waals surface area contributed by atoms with Crippen molar-refractivity contribution >= 4 is 12.0 Å². The van der Waals surface area contributed by atoms with Crippen LogP contribution in [0.5, 0.6) is 0 Å². The number of hydrogen-bond acceptors (Lipinski definition) is 4. The van der Waals surface area contributed by atoms with E-state index in [1.807, 2.05) is 19.9 Å². The van der Waals surface area contributed by atoms with Crippen LogP contribution in [0.1, 0.15) is 48.7 Å². The van der Waals surface area contributed by atoms with Crippen molar-refractivity contribution in [2.24, 2.45) is 7.05 Å². The maximum Gasteiger partial charge on any atom is 0.410 e. The van der Waals surface area contributed by atoms with Crippen molar-refractivity contribution in [1.82, 2.24) is 14.4 Å². The Bertz CT molecular complexity index is 760. The molecule has 1 aromatic heterocycles. The van der Waals surface area contributed by atoms with Gasteiger partial charge in [0.1, 0.15) is 11.2 Å². The van der Waals surface area contributed by atoms with Crippen LogP contribution in [0.2, 0.25) is 0 Å². The largest absolute Gasteiger partial charge is 0.441 e. The Morgan fingerprint density at radius 3 is 2.32 bits per heavy atom. The molecular weight excluding hydrogens is 322 g/mol. The van der Waals surface area contributed by atoms with Gasteiger partial charge in [0.2, 0.25) is 0 Å². The Balaban J connectivity index is 1.75. The molecule has 3 rings (SSSR count). The summed E-state index contributed by atoms with van der Waals surface area (Å²) >= 11 is 0. The molecule has 2 amide bonds. The van der Waals surface area contributed by atoms with Crippen LogP contribution in [0.3, 0.4) is 0 Å². The number of nitrogens with zero attached hydrogens (tertiary/aromatic N) is 3. The maximum atomic E-state index is 12.8. The number of piperidine rings is 1. The molecule has 0 atom stereocenters. The molecule has 0 saturated carbocycles. The molecule has 1 aromatic rings. The normalized spacial score (nSPS) is 19.6. The standard InChI is InChI=1S/C18H25N3O4/c1-12(2)14-6-5-13(15(22)20(14)4)16(23)21-9-7-18(8-10-21)11-19(3)17(24)25-18/h5-6,12H,7-11H2,1-4H3. The molecule has 2 fully saturated rings. The molecule has 2 aliphatic rings. The van der Waals surface area contributed by atoms with Gasteiger partial charge in [-0.1, -0.05) is 13.8 Å². The van der Waals surface area contributed by atoms with Crippen LogP contribution in [0, 0.1) is 0 Å². The minimum absolute atomic E-state index is 0.198. The number of likely N-dealkylation sites (tertiary alicyclic amines) is 1. The number of carbonyl (C=O) groups excluding carboxylic acids is 2. The van der Waals surface area contributed by atoms with Crippen LogP contribution >= 0.6 is 0 Å². The summed E-state index contributed by atoms with van der Waals surface area (Å²) in [4.78, 5) is 40.2. The van der Waals surface area contributed by atoms with Crippen molar-refractivity contribution in [3.05, 3.63) is 33.7 Å². The smallest absolute Gasteiger partial charge is 0.410 e. The molecular formula is C18H25N3O4. The quantitative estimate of drug-likeness (QED) is 0.814. The Hall–Kier alpha value is -2.31. The maximum absolute atomic E-state index is 12.8. The highest BCUT2D eigenvalue weighted by Gasteiger charge is 2.46. The highest BCUT2D eigenvalue weighted by atomic mass is 16.6. The highest BCUT2D eigenvalue weighted by molar-refractivity contribution is 5.94. The second-order valence-electron chi connectivity index (χ2n) is 7.39. The van der Waals surface area contributed by atoms with Gasteiger partial charge in [0.15, 0.2) is 0 Å². The molecule has 0 unspecified atom stereocenters. The molecule has 7 heteroatoms. The lowest BCUT2D eigenvalue weighted by atomic mass is 9.91. The third-order valence-corrected chi connectivity index (χ3v) is 5.27. The first-order valence-electron chi connectivity index (χ1n) is 8.67. The zero-order valence-corrected chi connectivity index (χ0v) is 15.2. The lowest BCUT2D eigenvalue weighted by molar-refractivity contribution is 0.00311. The molecule has 7 nitrogen and oxygen atoms in total. The molecule has 25 heavy (non-hydrogen) atoms. The van der Waals surface area contributed by atoms with Gasteiger partial charge in [0.25, 0.3) is 11.5 Å². The lowest BCUT2D eigenvalue weighted by Crippen LogP contribution is -2.49. The molecule has 2 aliphatic heterocycles. The lowest BCUT2D eigenvalue weighted by Gasteiger charge is -2.37. The predicted molar refractivity (Wildman–Crippen MR) is 92.8 cm³/mol. The van der Waals surface area contributed by atoms with Crippen LogP contribution in [-0.2, 0) is 11.8 Å². The van der Waals surface area contributed by atoms with Gasteiger partial charge in [-0.2, -0.15) is 0 Å². The Morgan fingerprint density at radius 2 is 1.80 bits per heavy atom. The van der Waals surface area contributed by atoms with Crippen molar-refractivity contribution in [3.63, 3.8) is 0 Å². The van der Waals surface area contributed by atoms with E-state index in [1.54, 1.807) is 34.5 Å². The average molecular weight is 347 g/mol. The van der Waals surface area contributed by atoms with Crippen molar-refractivity contribution in [3.8, 4) is 0 Å². The topological polar surface area (TPSA) is 71.9 Å². The van der Waals surface area contributed by atoms with Crippen molar-refractivity contribution in [2.75, 3.05) is 26.7 Å². The van der Waals surface area contributed by atoms with E-state index in [0.29, 0.717) is 32.5 Å². The molecule has 0 aromatic carbocycles. The van der Waals surface area contributed by atoms with E-state index in [2.05, 4.69) is 0 Å². The van der Waals surface area contributed by atoms with E-state index in [-0.39, 0.29) is 29.0 Å². The molecule has 0 N–H and O–H groups in total. The van der Waals surface area contributed by atoms with E-state index in [0.717, 1.165) is 5.69 Å². The highest BCUT2D eigenvalue weighted by Crippen LogP contribution is 2.32. The summed E-state index contributed by atoms with van der Waals surface area (Å²) in [5, 5.41) is 0. The van der Waals surface area contributed by atoms with Crippen LogP contribution in [0.4, 0.5) is 4.79 Å². The van der Waals surface area contributed by atoms with Gasteiger partial charge in [0.05, 0.1) is 6.54 Å². The van der Waals surface area contributed by atoms with E-state index in [9.17, 15) is 14.4 Å². The fourth-order valence-corrected chi connectivity index (χ4v) is 3.73. The third-order valence-electron chi connectivity index (χ3n) is 5.27. The second-order valence-corrected chi connectivity index (χ2v) is 7.39. The monoisotopic (exact) mass is 347 g/mol. The van der Waals surface area contributed by atoms with Gasteiger partial charge in [-0.3, -0.25) is 9.59 Å². The summed E-state index contributed by atoms with van der Waals surface area (Å²) in [5.74, 6) is -0.0332. The van der Waals surface area contributed by atoms with E-state index in [4.69, 9.17) is 4.74 Å². The van der Waals surface area contributed by atoms with Gasteiger partial charge in [-0.15, -0.1) is 0 Å². The summed E-state index contributed by atoms with van der Waals surface area (Å²) in [5.41, 5.74) is 0.349. The van der Waals surface area contributed by atoms with Crippen LogP contribution in [0.15, 0.2) is 16.9 Å². The molecule has 0 bridgehead atoms. The zero-order valence-electron chi connectivity index (χ0n) is 15.2. The first kappa shape index (κ1) is 17.5. The number of rotatable bonds is 2. The van der Waals surface area contributed by atoms with E-state index < -0.39 is 5.60 Å². The Morgan fingerprint density at radius 1 is 1.16 bits per heavy atom. The fourth-order valence-electron chi connectivity index (χ4n) is 3.73. The summed E-state index contributed by atoms with van der Waals surface area (Å²) in [7, 11) is 3.42. The second kappa shape index (κ2) is 6.20. The minimum atomic E-state index is -0.491. The Labute approximate surface area is 147 Å². The molecule has 2 saturated heterocycles. The molecule has 1 spiro atoms. The number of ether oxygens (including phenoxy) is 1. The molecule has 0 radical (unpaired) electrons. The van der Waals surface area contributed by atoms with Gasteiger partial charge < -0.3 is 19.1 Å². The van der Waals surface area contributed by atoms with Gasteiger partial charge in [-0.05, 0) is 18.1 Å². The number of likely N-dealkylation sites (N-methyl/N-ethyl adjacent to an activating group) is 1. The van der Waals surface area contributed by atoms with Crippen molar-refractivity contribution < 1.29 is 14.3 Å². The van der Waals surface area contributed by atoms with E-state index in [1.165, 1.54) is 0 Å². The fraction of sp³-hybridized carbons (Fsp3) is 0.611. The molecule has 0 aliphatic carbocycles. The number of carbonyl (C=O) groups is 2. The third kappa shape index (κ3) is 3.03. The van der Waals surface area contributed by atoms with Crippen LogP contribution in [-0.4, -0.2) is 58.7 Å². The van der Waals surface area contributed by atoms with Gasteiger partial charge >= 0.3 is 6.09 Å².